The van der Waals surface area contributed by atoms with Gasteiger partial charge in [-0.2, -0.15) is 0 Å². The van der Waals surface area contributed by atoms with E-state index in [4.69, 9.17) is 9.47 Å². The molecule has 0 amide bonds. The lowest BCUT2D eigenvalue weighted by atomic mass is 10.00. The number of ether oxygens (including phenoxy) is 2. The van der Waals surface area contributed by atoms with Gasteiger partial charge in [-0.05, 0) is 64.9 Å². The summed E-state index contributed by atoms with van der Waals surface area (Å²) in [6, 6.07) is 19.6. The second-order valence-electron chi connectivity index (χ2n) is 6.49. The molecule has 0 fully saturated rings. The average Bonchev–Trinajstić information content (AvgIpc) is 3.51. The van der Waals surface area contributed by atoms with Gasteiger partial charge in [0.25, 0.3) is 0 Å². The van der Waals surface area contributed by atoms with Crippen molar-refractivity contribution in [2.24, 2.45) is 0 Å². The Morgan fingerprint density at radius 3 is 2.23 bits per heavy atom. The van der Waals surface area contributed by atoms with Crippen molar-refractivity contribution in [3.05, 3.63) is 88.6 Å². The zero-order chi connectivity index (χ0) is 20.9. The van der Waals surface area contributed by atoms with Gasteiger partial charge in [-0.15, -0.1) is 22.7 Å². The topological polar surface area (TPSA) is 35.5 Å². The van der Waals surface area contributed by atoms with E-state index in [9.17, 15) is 4.79 Å². The van der Waals surface area contributed by atoms with E-state index in [2.05, 4.69) is 6.07 Å². The van der Waals surface area contributed by atoms with Gasteiger partial charge in [0.15, 0.2) is 5.78 Å². The van der Waals surface area contributed by atoms with Crippen LogP contribution in [0.1, 0.15) is 15.9 Å². The van der Waals surface area contributed by atoms with Gasteiger partial charge in [0.2, 0.25) is 0 Å². The summed E-state index contributed by atoms with van der Waals surface area (Å²) in [5.41, 5.74) is 3.39. The molecule has 0 N–H and O–H groups in total. The first-order valence-corrected chi connectivity index (χ1v) is 11.1. The number of methoxy groups -OCH3 is 2. The van der Waals surface area contributed by atoms with Crippen LogP contribution in [0.3, 0.4) is 0 Å². The molecule has 2 heterocycles. The number of ketones is 1. The van der Waals surface area contributed by atoms with E-state index in [1.54, 1.807) is 43.0 Å². The summed E-state index contributed by atoms with van der Waals surface area (Å²) in [5.74, 6) is 1.33. The zero-order valence-corrected chi connectivity index (χ0v) is 18.3. The van der Waals surface area contributed by atoms with Crippen molar-refractivity contribution in [1.82, 2.24) is 0 Å². The first-order valence-electron chi connectivity index (χ1n) is 9.36. The van der Waals surface area contributed by atoms with Crippen LogP contribution in [0.5, 0.6) is 11.5 Å². The van der Waals surface area contributed by atoms with Crippen molar-refractivity contribution in [3.63, 3.8) is 0 Å². The van der Waals surface area contributed by atoms with Crippen LogP contribution in [0, 0.1) is 0 Å². The van der Waals surface area contributed by atoms with E-state index < -0.39 is 0 Å². The average molecular weight is 433 g/mol. The molecule has 2 aromatic heterocycles. The number of hydrogen-bond acceptors (Lipinski definition) is 5. The molecule has 4 rings (SSSR count). The van der Waals surface area contributed by atoms with Crippen molar-refractivity contribution in [2.75, 3.05) is 14.2 Å². The van der Waals surface area contributed by atoms with E-state index in [1.165, 1.54) is 4.88 Å². The summed E-state index contributed by atoms with van der Waals surface area (Å²) in [5, 5.41) is 4.04. The normalized spacial score (nSPS) is 11.0. The van der Waals surface area contributed by atoms with Gasteiger partial charge in [-0.1, -0.05) is 24.3 Å². The smallest absolute Gasteiger partial charge is 0.186 e. The quantitative estimate of drug-likeness (QED) is 0.232. The molecule has 2 aromatic carbocycles. The molecule has 0 unspecified atom stereocenters. The molecule has 0 saturated carbocycles. The Kier molecular flexibility index (Phi) is 6.12. The van der Waals surface area contributed by atoms with Crippen LogP contribution in [-0.4, -0.2) is 20.0 Å². The number of carbonyl (C=O) groups excluding carboxylic acids is 1. The molecule has 0 aliphatic carbocycles. The predicted molar refractivity (Wildman–Crippen MR) is 126 cm³/mol. The highest BCUT2D eigenvalue weighted by molar-refractivity contribution is 7.13. The van der Waals surface area contributed by atoms with Gasteiger partial charge >= 0.3 is 0 Å². The zero-order valence-electron chi connectivity index (χ0n) is 16.6. The molecule has 0 spiro atoms. The molecule has 0 atom stereocenters. The number of thiophene rings is 2. The lowest BCUT2D eigenvalue weighted by Crippen LogP contribution is -2.00. The van der Waals surface area contributed by atoms with Gasteiger partial charge in [-0.3, -0.25) is 4.79 Å². The first kappa shape index (κ1) is 20.1. The van der Waals surface area contributed by atoms with Gasteiger partial charge in [0.1, 0.15) is 11.5 Å². The highest BCUT2D eigenvalue weighted by Gasteiger charge is 2.16. The monoisotopic (exact) mass is 432 g/mol. The summed E-state index contributed by atoms with van der Waals surface area (Å²) in [4.78, 5) is 15.3. The third-order valence-electron chi connectivity index (χ3n) is 4.73. The number of rotatable bonds is 7. The maximum Gasteiger partial charge on any atom is 0.186 e. The minimum absolute atomic E-state index is 0.0825. The van der Waals surface area contributed by atoms with Gasteiger partial charge in [0.05, 0.1) is 14.2 Å². The Hall–Kier alpha value is -3.15. The summed E-state index contributed by atoms with van der Waals surface area (Å²) in [6.45, 7) is 0. The molecule has 4 aromatic rings. The van der Waals surface area contributed by atoms with Crippen LogP contribution in [-0.2, 0) is 0 Å². The second-order valence-corrected chi connectivity index (χ2v) is 8.39. The number of hydrogen-bond donors (Lipinski definition) is 0. The lowest BCUT2D eigenvalue weighted by Gasteiger charge is -2.11. The fourth-order valence-electron chi connectivity index (χ4n) is 3.30. The van der Waals surface area contributed by atoms with Crippen molar-refractivity contribution >= 4 is 34.5 Å². The Labute approximate surface area is 183 Å². The van der Waals surface area contributed by atoms with Crippen LogP contribution in [0.25, 0.3) is 27.0 Å². The molecule has 5 heteroatoms. The Bertz CT molecular complexity index is 1170. The molecule has 30 heavy (non-hydrogen) atoms. The maximum absolute atomic E-state index is 13.1. The third-order valence-corrected chi connectivity index (χ3v) is 6.54. The van der Waals surface area contributed by atoms with E-state index >= 15 is 0 Å². The van der Waals surface area contributed by atoms with E-state index in [-0.39, 0.29) is 5.78 Å². The van der Waals surface area contributed by atoms with Gasteiger partial charge in [-0.25, -0.2) is 0 Å². The van der Waals surface area contributed by atoms with Crippen LogP contribution < -0.4 is 9.47 Å². The predicted octanol–water partition coefficient (Wildman–Crippen LogP) is 7.06. The summed E-state index contributed by atoms with van der Waals surface area (Å²) in [7, 11) is 3.26. The Morgan fingerprint density at radius 1 is 0.833 bits per heavy atom. The minimum Gasteiger partial charge on any atom is -0.496 e. The van der Waals surface area contributed by atoms with Crippen LogP contribution in [0.4, 0.5) is 0 Å². The van der Waals surface area contributed by atoms with Crippen LogP contribution >= 0.6 is 22.7 Å². The van der Waals surface area contributed by atoms with Crippen molar-refractivity contribution in [3.8, 4) is 32.4 Å². The lowest BCUT2D eigenvalue weighted by molar-refractivity contribution is 0.104. The Morgan fingerprint density at radius 2 is 1.57 bits per heavy atom. The summed E-state index contributed by atoms with van der Waals surface area (Å²) in [6.07, 6.45) is 3.41. The molecule has 0 bridgehead atoms. The van der Waals surface area contributed by atoms with Gasteiger partial charge in [0, 0.05) is 26.4 Å². The van der Waals surface area contributed by atoms with Crippen LogP contribution in [0.2, 0.25) is 0 Å². The third kappa shape index (κ3) is 4.08. The maximum atomic E-state index is 13.1. The molecule has 0 aliphatic heterocycles. The highest BCUT2D eigenvalue weighted by atomic mass is 32.1. The number of carbonyl (C=O) groups is 1. The molecule has 150 valence electrons. The van der Waals surface area contributed by atoms with E-state index in [0.717, 1.165) is 27.3 Å². The Balaban J connectivity index is 1.71. The molecular weight excluding hydrogens is 412 g/mol. The number of allylic oxidation sites excluding steroid dienone is 1. The van der Waals surface area contributed by atoms with Crippen LogP contribution in [0.15, 0.2) is 77.5 Å². The molecule has 0 radical (unpaired) electrons. The summed E-state index contributed by atoms with van der Waals surface area (Å²) < 4.78 is 11.0. The molecule has 0 saturated heterocycles. The van der Waals surface area contributed by atoms with Crippen molar-refractivity contribution in [2.45, 2.75) is 0 Å². The first-order chi connectivity index (χ1) is 14.7. The second kappa shape index (κ2) is 9.11. The highest BCUT2D eigenvalue weighted by Crippen LogP contribution is 2.37. The fraction of sp³-hybridized carbons (Fsp3) is 0.0800. The van der Waals surface area contributed by atoms with E-state index in [0.29, 0.717) is 11.3 Å². The molecule has 3 nitrogen and oxygen atoms in total. The van der Waals surface area contributed by atoms with Crippen molar-refractivity contribution in [1.29, 1.82) is 0 Å². The SMILES string of the molecule is COc1ccc(-c2cccs2)cc1C=CC(=O)c1cccc(OC)c1-c1cccs1. The standard InChI is InChI=1S/C25H20O3S2/c1-27-21-13-11-18(23-8-4-14-29-23)16-17(21)10-12-20(26)19-6-3-7-22(28-2)25(19)24-9-5-15-30-24/h3-16H,1-2H3. The molecule has 0 aliphatic rings. The minimum atomic E-state index is -0.0825. The fourth-order valence-corrected chi connectivity index (χ4v) is 4.81. The van der Waals surface area contributed by atoms with E-state index in [1.807, 2.05) is 71.4 Å². The van der Waals surface area contributed by atoms with Gasteiger partial charge < -0.3 is 9.47 Å². The van der Waals surface area contributed by atoms with Crippen molar-refractivity contribution < 1.29 is 14.3 Å². The molecular formula is C25H20O3S2. The number of benzene rings is 2. The largest absolute Gasteiger partial charge is 0.496 e. The summed E-state index contributed by atoms with van der Waals surface area (Å²) >= 11 is 3.26.